The van der Waals surface area contributed by atoms with Crippen LogP contribution < -0.4 is 21.2 Å². The SMILES string of the molecule is Cc1ccc(C(=C(/C(=C/c2c(F)c(F)c(F)c(F)c2F)P(c2ccccc2)c2ccccc2)P(c2ccccc2)c2ccccc2)c2ccc(C)cc2)cc1. The molecule has 7 heteroatoms. The molecule has 7 aromatic carbocycles. The fourth-order valence-electron chi connectivity index (χ4n) is 6.50. The first-order valence-electron chi connectivity index (χ1n) is 17.6. The summed E-state index contributed by atoms with van der Waals surface area (Å²) in [5.74, 6) is -9.97. The second kappa shape index (κ2) is 16.9. The van der Waals surface area contributed by atoms with Crippen LogP contribution >= 0.6 is 15.8 Å². The molecule has 0 radical (unpaired) electrons. The van der Waals surface area contributed by atoms with Crippen molar-refractivity contribution in [3.63, 3.8) is 0 Å². The Kier molecular flexibility index (Phi) is 11.6. The van der Waals surface area contributed by atoms with Crippen LogP contribution in [0.1, 0.15) is 27.8 Å². The maximum Gasteiger partial charge on any atom is 0.200 e. The Morgan fingerprint density at radius 2 is 0.691 bits per heavy atom. The summed E-state index contributed by atoms with van der Waals surface area (Å²) in [5, 5.41) is 4.72. The molecule has 0 nitrogen and oxygen atoms in total. The van der Waals surface area contributed by atoms with E-state index in [0.29, 0.717) is 5.31 Å². The van der Waals surface area contributed by atoms with Gasteiger partial charge < -0.3 is 0 Å². The van der Waals surface area contributed by atoms with Gasteiger partial charge in [0.2, 0.25) is 5.82 Å². The van der Waals surface area contributed by atoms with Gasteiger partial charge in [-0.25, -0.2) is 22.0 Å². The predicted molar refractivity (Wildman–Crippen MR) is 221 cm³/mol. The molecule has 0 spiro atoms. The lowest BCUT2D eigenvalue weighted by Gasteiger charge is -2.33. The lowest BCUT2D eigenvalue weighted by atomic mass is 9.95. The molecule has 7 aromatic rings. The average molecular weight is 769 g/mol. The van der Waals surface area contributed by atoms with Gasteiger partial charge in [0.1, 0.15) is 0 Å². The summed E-state index contributed by atoms with van der Waals surface area (Å²) in [5.41, 5.74) is 3.54. The van der Waals surface area contributed by atoms with Crippen molar-refractivity contribution in [1.82, 2.24) is 0 Å². The number of benzene rings is 7. The van der Waals surface area contributed by atoms with E-state index in [2.05, 4.69) is 0 Å². The molecule has 0 N–H and O–H groups in total. The fourth-order valence-corrected chi connectivity index (χ4v) is 12.0. The van der Waals surface area contributed by atoms with E-state index in [1.54, 1.807) is 0 Å². The van der Waals surface area contributed by atoms with Gasteiger partial charge in [-0.15, -0.1) is 0 Å². The maximum absolute atomic E-state index is 16.1. The van der Waals surface area contributed by atoms with Gasteiger partial charge in [-0.2, -0.15) is 0 Å². The van der Waals surface area contributed by atoms with Crippen LogP contribution in [0.25, 0.3) is 11.6 Å². The molecule has 0 aliphatic carbocycles. The van der Waals surface area contributed by atoms with Crippen LogP contribution in [0.4, 0.5) is 22.0 Å². The quantitative estimate of drug-likeness (QED) is 0.0427. The van der Waals surface area contributed by atoms with Gasteiger partial charge in [-0.1, -0.05) is 181 Å². The number of halogens is 5. The van der Waals surface area contributed by atoms with Crippen molar-refractivity contribution < 1.29 is 22.0 Å². The molecule has 272 valence electrons. The number of rotatable bonds is 10. The Bertz CT molecular complexity index is 2310. The summed E-state index contributed by atoms with van der Waals surface area (Å²) in [7, 11) is -3.31. The first-order valence-corrected chi connectivity index (χ1v) is 20.3. The van der Waals surface area contributed by atoms with E-state index >= 15 is 17.6 Å². The Hall–Kier alpha value is -5.47. The van der Waals surface area contributed by atoms with Crippen LogP contribution in [0.2, 0.25) is 0 Å². The summed E-state index contributed by atoms with van der Waals surface area (Å²) < 4.78 is 77.2. The van der Waals surface area contributed by atoms with Gasteiger partial charge in [0.25, 0.3) is 0 Å². The first kappa shape index (κ1) is 37.8. The summed E-state index contributed by atoms with van der Waals surface area (Å²) in [6.07, 6.45) is 1.22. The van der Waals surface area contributed by atoms with E-state index in [4.69, 9.17) is 0 Å². The molecule has 0 heterocycles. The molecule has 55 heavy (non-hydrogen) atoms. The normalized spacial score (nSPS) is 11.6. The fraction of sp³-hybridized carbons (Fsp3) is 0.0417. The maximum atomic E-state index is 16.1. The molecule has 0 fully saturated rings. The van der Waals surface area contributed by atoms with Gasteiger partial charge in [0.15, 0.2) is 23.3 Å². The minimum absolute atomic E-state index is 0.450. The van der Waals surface area contributed by atoms with Crippen LogP contribution in [0.15, 0.2) is 180 Å². The van der Waals surface area contributed by atoms with Crippen molar-refractivity contribution >= 4 is 48.7 Å². The van der Waals surface area contributed by atoms with Crippen LogP contribution in [-0.4, -0.2) is 0 Å². The number of allylic oxidation sites excluding steroid dienone is 2. The molecular weight excluding hydrogens is 733 g/mol. The molecule has 0 bridgehead atoms. The molecule has 0 aromatic heterocycles. The lowest BCUT2D eigenvalue weighted by Crippen LogP contribution is -2.19. The summed E-state index contributed by atoms with van der Waals surface area (Å²) in [6, 6.07) is 55.1. The lowest BCUT2D eigenvalue weighted by molar-refractivity contribution is 0.377. The van der Waals surface area contributed by atoms with Gasteiger partial charge in [-0.05, 0) is 79.0 Å². The first-order chi connectivity index (χ1) is 26.7. The Labute approximate surface area is 320 Å². The van der Waals surface area contributed by atoms with E-state index in [-0.39, 0.29) is 0 Å². The number of aryl methyl sites for hydroxylation is 2. The van der Waals surface area contributed by atoms with E-state index in [0.717, 1.165) is 54.4 Å². The van der Waals surface area contributed by atoms with Crippen molar-refractivity contribution in [2.24, 2.45) is 0 Å². The highest BCUT2D eigenvalue weighted by molar-refractivity contribution is 7.82. The molecule has 0 unspecified atom stereocenters. The number of hydrogen-bond acceptors (Lipinski definition) is 0. The van der Waals surface area contributed by atoms with Crippen molar-refractivity contribution in [2.45, 2.75) is 13.8 Å². The molecule has 0 aliphatic heterocycles. The summed E-state index contributed by atoms with van der Waals surface area (Å²) >= 11 is 0. The summed E-state index contributed by atoms with van der Waals surface area (Å²) in [6.45, 7) is 4.00. The highest BCUT2D eigenvalue weighted by Gasteiger charge is 2.34. The van der Waals surface area contributed by atoms with Crippen molar-refractivity contribution in [2.75, 3.05) is 0 Å². The predicted octanol–water partition coefficient (Wildman–Crippen LogP) is 12.1. The Morgan fingerprint density at radius 3 is 1.04 bits per heavy atom. The second-order valence-electron chi connectivity index (χ2n) is 13.0. The van der Waals surface area contributed by atoms with E-state index < -0.39 is 50.5 Å². The van der Waals surface area contributed by atoms with Gasteiger partial charge in [-0.3, -0.25) is 0 Å². The highest BCUT2D eigenvalue weighted by Crippen LogP contribution is 2.61. The van der Waals surface area contributed by atoms with Crippen LogP contribution in [-0.2, 0) is 0 Å². The zero-order chi connectivity index (χ0) is 38.5. The largest absolute Gasteiger partial charge is 0.203 e. The van der Waals surface area contributed by atoms with Crippen molar-refractivity contribution in [1.29, 1.82) is 0 Å². The number of hydrogen-bond donors (Lipinski definition) is 0. The van der Waals surface area contributed by atoms with Gasteiger partial charge in [0, 0.05) is 5.31 Å². The molecule has 0 atom stereocenters. The standard InChI is InChI=1S/C48H35F5P2/c1-32-23-27-34(28-24-32)42(35-29-25-33(2)26-30-35)48(55(38-19-11-5-12-20-38)39-21-13-6-14-22-39)41(31-40-43(49)45(51)47(53)46(52)44(40)50)54(36-15-7-3-8-16-36)37-17-9-4-10-18-37/h3-31H,1-2H3/b41-31-. The summed E-state index contributed by atoms with van der Waals surface area (Å²) in [4.78, 5) is 0. The van der Waals surface area contributed by atoms with E-state index in [1.807, 2.05) is 184 Å². The molecule has 7 rings (SSSR count). The van der Waals surface area contributed by atoms with Crippen molar-refractivity contribution in [3.05, 3.63) is 237 Å². The van der Waals surface area contributed by atoms with Crippen LogP contribution in [0, 0.1) is 42.9 Å². The van der Waals surface area contributed by atoms with E-state index in [9.17, 15) is 4.39 Å². The van der Waals surface area contributed by atoms with Gasteiger partial charge >= 0.3 is 0 Å². The molecule has 0 amide bonds. The van der Waals surface area contributed by atoms with Crippen LogP contribution in [0.3, 0.4) is 0 Å². The van der Waals surface area contributed by atoms with E-state index in [1.165, 1.54) is 6.08 Å². The van der Waals surface area contributed by atoms with Crippen molar-refractivity contribution in [3.8, 4) is 0 Å². The minimum Gasteiger partial charge on any atom is -0.203 e. The molecule has 0 aliphatic rings. The highest BCUT2D eigenvalue weighted by atomic mass is 31.1. The molecule has 0 saturated carbocycles. The zero-order valence-corrected chi connectivity index (χ0v) is 31.8. The third-order valence-electron chi connectivity index (χ3n) is 9.21. The Morgan fingerprint density at radius 1 is 0.382 bits per heavy atom. The minimum atomic E-state index is -2.20. The topological polar surface area (TPSA) is 0 Å². The zero-order valence-electron chi connectivity index (χ0n) is 30.0. The molecule has 0 saturated heterocycles. The average Bonchev–Trinajstić information content (AvgIpc) is 3.23. The van der Waals surface area contributed by atoms with Crippen LogP contribution in [0.5, 0.6) is 0 Å². The molecular formula is C48H35F5P2. The Balaban J connectivity index is 1.76. The monoisotopic (exact) mass is 768 g/mol. The smallest absolute Gasteiger partial charge is 0.200 e. The van der Waals surface area contributed by atoms with Gasteiger partial charge in [0.05, 0.1) is 5.56 Å². The second-order valence-corrected chi connectivity index (χ2v) is 17.3. The third-order valence-corrected chi connectivity index (χ3v) is 14.4. The third kappa shape index (κ3) is 8.01.